The van der Waals surface area contributed by atoms with Crippen LogP contribution >= 0.6 is 0 Å². The van der Waals surface area contributed by atoms with E-state index in [0.717, 1.165) is 19.3 Å². The number of aliphatic hydroxyl groups excluding tert-OH is 1. The SMILES string of the molecule is CCCNC(=O)[C@@H]1[C@H]2C(=O)N(CCCO)C(C(=O)NC(C)CCC)C23CC(C)[C@@]1(C)O3. The molecule has 3 saturated heterocycles. The fraction of sp³-hybridized carbons (Fsp3) is 0.870. The number of hydrogen-bond acceptors (Lipinski definition) is 5. The molecule has 3 aliphatic heterocycles. The Hall–Kier alpha value is -1.67. The van der Waals surface area contributed by atoms with Gasteiger partial charge in [-0.15, -0.1) is 0 Å². The van der Waals surface area contributed by atoms with Crippen molar-refractivity contribution < 1.29 is 24.2 Å². The monoisotopic (exact) mass is 437 g/mol. The van der Waals surface area contributed by atoms with Crippen LogP contribution in [-0.4, -0.2) is 70.7 Å². The van der Waals surface area contributed by atoms with Crippen LogP contribution in [-0.2, 0) is 19.1 Å². The summed E-state index contributed by atoms with van der Waals surface area (Å²) in [6.07, 6.45) is 3.53. The number of likely N-dealkylation sites (tertiary alicyclic amines) is 1. The number of nitrogens with zero attached hydrogens (tertiary/aromatic N) is 1. The highest BCUT2D eigenvalue weighted by Crippen LogP contribution is 2.65. The van der Waals surface area contributed by atoms with Gasteiger partial charge in [-0.2, -0.15) is 0 Å². The normalized spacial score (nSPS) is 37.1. The van der Waals surface area contributed by atoms with Crippen LogP contribution in [0.3, 0.4) is 0 Å². The summed E-state index contributed by atoms with van der Waals surface area (Å²) in [6, 6.07) is -0.804. The van der Waals surface area contributed by atoms with Crippen molar-refractivity contribution >= 4 is 17.7 Å². The summed E-state index contributed by atoms with van der Waals surface area (Å²) >= 11 is 0. The molecule has 31 heavy (non-hydrogen) atoms. The smallest absolute Gasteiger partial charge is 0.246 e. The second kappa shape index (κ2) is 9.06. The molecule has 7 atom stereocenters. The molecule has 8 nitrogen and oxygen atoms in total. The fourth-order valence-electron chi connectivity index (χ4n) is 6.11. The lowest BCUT2D eigenvalue weighted by Crippen LogP contribution is -2.57. The third-order valence-electron chi connectivity index (χ3n) is 7.56. The quantitative estimate of drug-likeness (QED) is 0.476. The lowest BCUT2D eigenvalue weighted by molar-refractivity contribution is -0.147. The van der Waals surface area contributed by atoms with Crippen molar-refractivity contribution in [3.05, 3.63) is 0 Å². The molecule has 3 amide bonds. The molecule has 0 aromatic carbocycles. The van der Waals surface area contributed by atoms with E-state index in [2.05, 4.69) is 17.6 Å². The number of carbonyl (C=O) groups excluding carboxylic acids is 3. The van der Waals surface area contributed by atoms with Crippen molar-refractivity contribution in [2.75, 3.05) is 19.7 Å². The van der Waals surface area contributed by atoms with E-state index in [1.165, 1.54) is 0 Å². The van der Waals surface area contributed by atoms with Crippen molar-refractivity contribution in [1.82, 2.24) is 15.5 Å². The van der Waals surface area contributed by atoms with Gasteiger partial charge in [-0.1, -0.05) is 27.2 Å². The Morgan fingerprint density at radius 1 is 1.29 bits per heavy atom. The Kier molecular flexibility index (Phi) is 7.01. The topological polar surface area (TPSA) is 108 Å². The Labute approximate surface area is 185 Å². The highest BCUT2D eigenvalue weighted by molar-refractivity contribution is 5.99. The molecule has 0 aromatic rings. The maximum Gasteiger partial charge on any atom is 0.246 e. The van der Waals surface area contributed by atoms with Gasteiger partial charge >= 0.3 is 0 Å². The largest absolute Gasteiger partial charge is 0.396 e. The molecule has 2 bridgehead atoms. The zero-order valence-corrected chi connectivity index (χ0v) is 19.6. The van der Waals surface area contributed by atoms with Crippen LogP contribution < -0.4 is 10.6 Å². The molecule has 3 rings (SSSR count). The zero-order valence-electron chi connectivity index (χ0n) is 19.6. The first-order chi connectivity index (χ1) is 14.7. The van der Waals surface area contributed by atoms with Crippen LogP contribution in [0, 0.1) is 17.8 Å². The summed E-state index contributed by atoms with van der Waals surface area (Å²) in [5.41, 5.74) is -1.79. The summed E-state index contributed by atoms with van der Waals surface area (Å²) in [7, 11) is 0. The van der Waals surface area contributed by atoms with Gasteiger partial charge in [0.25, 0.3) is 0 Å². The van der Waals surface area contributed by atoms with E-state index >= 15 is 0 Å². The van der Waals surface area contributed by atoms with E-state index in [-0.39, 0.29) is 42.8 Å². The fourth-order valence-corrected chi connectivity index (χ4v) is 6.11. The summed E-state index contributed by atoms with van der Waals surface area (Å²) in [4.78, 5) is 41.9. The predicted molar refractivity (Wildman–Crippen MR) is 116 cm³/mol. The predicted octanol–water partition coefficient (Wildman–Crippen LogP) is 1.21. The molecule has 3 aliphatic rings. The maximum atomic E-state index is 13.6. The third-order valence-corrected chi connectivity index (χ3v) is 7.56. The van der Waals surface area contributed by atoms with Crippen molar-refractivity contribution in [3.63, 3.8) is 0 Å². The van der Waals surface area contributed by atoms with Crippen molar-refractivity contribution in [1.29, 1.82) is 0 Å². The number of nitrogens with one attached hydrogen (secondary N) is 2. The number of ether oxygens (including phenoxy) is 1. The Morgan fingerprint density at radius 2 is 2.00 bits per heavy atom. The van der Waals surface area contributed by atoms with Gasteiger partial charge in [-0.3, -0.25) is 14.4 Å². The highest BCUT2D eigenvalue weighted by Gasteiger charge is 2.79. The highest BCUT2D eigenvalue weighted by atomic mass is 16.5. The van der Waals surface area contributed by atoms with Gasteiger partial charge in [-0.25, -0.2) is 0 Å². The number of hydrogen-bond donors (Lipinski definition) is 3. The second-order valence-corrected chi connectivity index (χ2v) is 9.80. The average Bonchev–Trinajstić information content (AvgIpc) is 3.21. The summed E-state index contributed by atoms with van der Waals surface area (Å²) in [5, 5.41) is 15.4. The molecule has 3 heterocycles. The van der Waals surface area contributed by atoms with Gasteiger partial charge in [0.1, 0.15) is 11.6 Å². The van der Waals surface area contributed by atoms with Crippen LogP contribution in [0.25, 0.3) is 0 Å². The molecule has 4 unspecified atom stereocenters. The number of carbonyl (C=O) groups is 3. The van der Waals surface area contributed by atoms with Gasteiger partial charge in [-0.05, 0) is 45.4 Å². The van der Waals surface area contributed by atoms with Crippen LogP contribution in [0.15, 0.2) is 0 Å². The van der Waals surface area contributed by atoms with Crippen LogP contribution in [0.2, 0.25) is 0 Å². The van der Waals surface area contributed by atoms with E-state index < -0.39 is 29.1 Å². The molecular weight excluding hydrogens is 398 g/mol. The number of amides is 3. The molecule has 0 aromatic heterocycles. The van der Waals surface area contributed by atoms with Crippen molar-refractivity contribution in [3.8, 4) is 0 Å². The minimum Gasteiger partial charge on any atom is -0.396 e. The molecule has 0 radical (unpaired) electrons. The number of fused-ring (bicyclic) bond motifs is 1. The second-order valence-electron chi connectivity index (χ2n) is 9.80. The maximum absolute atomic E-state index is 13.6. The lowest BCUT2D eigenvalue weighted by atomic mass is 9.62. The van der Waals surface area contributed by atoms with Gasteiger partial charge in [0.2, 0.25) is 17.7 Å². The molecular formula is C23H39N3O5. The average molecular weight is 438 g/mol. The van der Waals surface area contributed by atoms with E-state index in [9.17, 15) is 19.5 Å². The van der Waals surface area contributed by atoms with Gasteiger partial charge in [0.15, 0.2) is 0 Å². The number of rotatable bonds is 10. The molecule has 1 spiro atoms. The van der Waals surface area contributed by atoms with E-state index in [4.69, 9.17) is 4.74 Å². The lowest BCUT2D eigenvalue weighted by Gasteiger charge is -2.36. The van der Waals surface area contributed by atoms with Gasteiger partial charge in [0.05, 0.1) is 17.4 Å². The Morgan fingerprint density at radius 3 is 2.61 bits per heavy atom. The zero-order chi connectivity index (χ0) is 23.0. The van der Waals surface area contributed by atoms with Crippen LogP contribution in [0.1, 0.15) is 66.7 Å². The minimum atomic E-state index is -1.01. The Bertz CT molecular complexity index is 715. The van der Waals surface area contributed by atoms with Crippen molar-refractivity contribution in [2.24, 2.45) is 17.8 Å². The summed E-state index contributed by atoms with van der Waals surface area (Å²) in [6.45, 7) is 10.7. The van der Waals surface area contributed by atoms with Gasteiger partial charge in [0, 0.05) is 25.7 Å². The Balaban J connectivity index is 2.00. The molecule has 176 valence electrons. The first kappa shape index (κ1) is 24.0. The molecule has 0 aliphatic carbocycles. The third kappa shape index (κ3) is 3.75. The molecule has 3 fully saturated rings. The summed E-state index contributed by atoms with van der Waals surface area (Å²) in [5.74, 6) is -1.86. The van der Waals surface area contributed by atoms with E-state index in [1.807, 2.05) is 27.7 Å². The number of aliphatic hydroxyl groups is 1. The van der Waals surface area contributed by atoms with E-state index in [1.54, 1.807) is 4.90 Å². The summed E-state index contributed by atoms with van der Waals surface area (Å²) < 4.78 is 6.61. The standard InChI is InChI=1S/C23H39N3O5/c1-6-9-15(4)25-20(29)18-23-13-14(3)22(5,31-23)16(19(28)24-10-7-2)17(23)21(30)26(18)11-8-12-27/h14-18,27H,6-13H2,1-5H3,(H,24,28)(H,25,29)/t14?,15?,16-,17-,18?,22+,23?/m0/s1. The van der Waals surface area contributed by atoms with Crippen molar-refractivity contribution in [2.45, 2.75) is 90.0 Å². The molecule has 0 saturated carbocycles. The minimum absolute atomic E-state index is 0.0157. The van der Waals surface area contributed by atoms with Crippen LogP contribution in [0.4, 0.5) is 0 Å². The van der Waals surface area contributed by atoms with Gasteiger partial charge < -0.3 is 25.4 Å². The molecule has 8 heteroatoms. The van der Waals surface area contributed by atoms with E-state index in [0.29, 0.717) is 19.4 Å². The van der Waals surface area contributed by atoms with Crippen LogP contribution in [0.5, 0.6) is 0 Å². The first-order valence-corrected chi connectivity index (χ1v) is 11.9. The first-order valence-electron chi connectivity index (χ1n) is 11.9. The molecule has 3 N–H and O–H groups in total.